The molecule has 1 heterocycles. The van der Waals surface area contributed by atoms with Crippen molar-refractivity contribution in [3.63, 3.8) is 0 Å². The van der Waals surface area contributed by atoms with Crippen LogP contribution in [0, 0.1) is 11.8 Å². The van der Waals surface area contributed by atoms with E-state index < -0.39 is 6.10 Å². The van der Waals surface area contributed by atoms with Crippen molar-refractivity contribution >= 4 is 5.97 Å². The Bertz CT molecular complexity index is 356. The Hall–Kier alpha value is -1.09. The number of aliphatic hydroxyl groups excluding tert-OH is 1. The predicted octanol–water partition coefficient (Wildman–Crippen LogP) is 2.21. The lowest BCUT2D eigenvalue weighted by atomic mass is 9.84. The van der Waals surface area contributed by atoms with Crippen LogP contribution in [0.3, 0.4) is 0 Å². The Morgan fingerprint density at radius 1 is 1.41 bits per heavy atom. The predicted molar refractivity (Wildman–Crippen MR) is 65.3 cm³/mol. The number of carbonyl (C=O) groups is 1. The monoisotopic (exact) mass is 236 g/mol. The van der Waals surface area contributed by atoms with E-state index in [0.717, 1.165) is 12.8 Å². The lowest BCUT2D eigenvalue weighted by Crippen LogP contribution is -2.31. The zero-order chi connectivity index (χ0) is 12.4. The maximum Gasteiger partial charge on any atom is 0.309 e. The van der Waals surface area contributed by atoms with Gasteiger partial charge in [0.05, 0.1) is 12.0 Å². The molecule has 2 aliphatic rings. The summed E-state index contributed by atoms with van der Waals surface area (Å²) in [5, 5.41) is 10.2. The van der Waals surface area contributed by atoms with E-state index in [1.54, 1.807) is 0 Å². The Labute approximate surface area is 102 Å². The third-order valence-corrected chi connectivity index (χ3v) is 3.74. The maximum atomic E-state index is 11.6. The second-order valence-corrected chi connectivity index (χ2v) is 5.09. The van der Waals surface area contributed by atoms with Crippen molar-refractivity contribution in [2.24, 2.45) is 11.8 Å². The minimum absolute atomic E-state index is 0.111. The molecule has 0 bridgehead atoms. The molecule has 1 fully saturated rings. The van der Waals surface area contributed by atoms with Crippen LogP contribution in [0.4, 0.5) is 0 Å². The van der Waals surface area contributed by atoms with Gasteiger partial charge in [-0.25, -0.2) is 0 Å². The Kier molecular flexibility index (Phi) is 3.67. The summed E-state index contributed by atoms with van der Waals surface area (Å²) >= 11 is 0. The van der Waals surface area contributed by atoms with Crippen LogP contribution in [0.1, 0.15) is 33.1 Å². The lowest BCUT2D eigenvalue weighted by Gasteiger charge is -2.23. The second kappa shape index (κ2) is 5.05. The minimum atomic E-state index is -0.576. The largest absolute Gasteiger partial charge is 0.461 e. The highest BCUT2D eigenvalue weighted by atomic mass is 16.6. The van der Waals surface area contributed by atoms with Crippen molar-refractivity contribution < 1.29 is 14.6 Å². The van der Waals surface area contributed by atoms with Gasteiger partial charge < -0.3 is 9.84 Å². The van der Waals surface area contributed by atoms with Crippen molar-refractivity contribution in [2.45, 2.75) is 45.3 Å². The average molecular weight is 236 g/mol. The molecule has 4 atom stereocenters. The normalized spacial score (nSPS) is 38.3. The van der Waals surface area contributed by atoms with Gasteiger partial charge in [0.15, 0.2) is 0 Å². The zero-order valence-corrected chi connectivity index (χ0v) is 10.4. The molecule has 1 saturated heterocycles. The fourth-order valence-electron chi connectivity index (χ4n) is 2.68. The molecule has 1 aliphatic heterocycles. The van der Waals surface area contributed by atoms with E-state index in [4.69, 9.17) is 4.74 Å². The second-order valence-electron chi connectivity index (χ2n) is 5.09. The van der Waals surface area contributed by atoms with Crippen LogP contribution in [-0.4, -0.2) is 23.3 Å². The molecule has 3 heteroatoms. The van der Waals surface area contributed by atoms with E-state index in [9.17, 15) is 9.90 Å². The summed E-state index contributed by atoms with van der Waals surface area (Å²) in [4.78, 5) is 11.6. The number of esters is 1. The van der Waals surface area contributed by atoms with Gasteiger partial charge in [0.25, 0.3) is 0 Å². The Morgan fingerprint density at radius 2 is 2.18 bits per heavy atom. The van der Waals surface area contributed by atoms with Gasteiger partial charge in [0, 0.05) is 12.3 Å². The molecular weight excluding hydrogens is 216 g/mol. The fraction of sp³-hybridized carbons (Fsp3) is 0.643. The molecule has 1 aliphatic carbocycles. The first-order chi connectivity index (χ1) is 8.09. The summed E-state index contributed by atoms with van der Waals surface area (Å²) in [7, 11) is 0. The van der Waals surface area contributed by atoms with Crippen LogP contribution >= 0.6 is 0 Å². The molecule has 4 unspecified atom stereocenters. The summed E-state index contributed by atoms with van der Waals surface area (Å²) in [5.74, 6) is -0.509. The highest BCUT2D eigenvalue weighted by Crippen LogP contribution is 2.34. The highest BCUT2D eigenvalue weighted by molar-refractivity contribution is 5.75. The molecule has 0 aromatic rings. The van der Waals surface area contributed by atoms with Crippen LogP contribution in [0.25, 0.3) is 0 Å². The summed E-state index contributed by atoms with van der Waals surface area (Å²) in [6.07, 6.45) is 7.99. The molecule has 0 aromatic carbocycles. The number of hydrogen-bond donors (Lipinski definition) is 1. The van der Waals surface area contributed by atoms with Crippen molar-refractivity contribution in [2.75, 3.05) is 0 Å². The van der Waals surface area contributed by atoms with Crippen molar-refractivity contribution in [1.82, 2.24) is 0 Å². The van der Waals surface area contributed by atoms with Crippen LogP contribution < -0.4 is 0 Å². The molecule has 2 rings (SSSR count). The van der Waals surface area contributed by atoms with Crippen molar-refractivity contribution in [1.29, 1.82) is 0 Å². The Morgan fingerprint density at radius 3 is 2.94 bits per heavy atom. The molecule has 94 valence electrons. The smallest absolute Gasteiger partial charge is 0.309 e. The first-order valence-corrected chi connectivity index (χ1v) is 6.30. The van der Waals surface area contributed by atoms with Crippen molar-refractivity contribution in [3.8, 4) is 0 Å². The highest BCUT2D eigenvalue weighted by Gasteiger charge is 2.44. The SMILES string of the molecule is CC1=CC(O)C2C(CC=CCC1)OC(=O)C2C. The van der Waals surface area contributed by atoms with Crippen LogP contribution in [-0.2, 0) is 9.53 Å². The zero-order valence-electron chi connectivity index (χ0n) is 10.4. The molecule has 1 N–H and O–H groups in total. The van der Waals surface area contributed by atoms with Gasteiger partial charge in [-0.2, -0.15) is 0 Å². The average Bonchev–Trinajstić information content (AvgIpc) is 2.54. The number of hydrogen-bond acceptors (Lipinski definition) is 3. The summed E-state index contributed by atoms with van der Waals surface area (Å²) in [5.41, 5.74) is 1.18. The van der Waals surface area contributed by atoms with Crippen LogP contribution in [0.2, 0.25) is 0 Å². The van der Waals surface area contributed by atoms with Gasteiger partial charge in [0.2, 0.25) is 0 Å². The van der Waals surface area contributed by atoms with Gasteiger partial charge in [0.1, 0.15) is 6.10 Å². The maximum absolute atomic E-state index is 11.6. The topological polar surface area (TPSA) is 46.5 Å². The first-order valence-electron chi connectivity index (χ1n) is 6.30. The quantitative estimate of drug-likeness (QED) is 0.518. The number of allylic oxidation sites excluding steroid dienone is 2. The first kappa shape index (κ1) is 12.4. The van der Waals surface area contributed by atoms with Crippen molar-refractivity contribution in [3.05, 3.63) is 23.8 Å². The number of fused-ring (bicyclic) bond motifs is 1. The summed E-state index contributed by atoms with van der Waals surface area (Å²) in [6.45, 7) is 3.87. The third-order valence-electron chi connectivity index (χ3n) is 3.74. The lowest BCUT2D eigenvalue weighted by molar-refractivity contribution is -0.143. The van der Waals surface area contributed by atoms with E-state index in [0.29, 0.717) is 6.42 Å². The number of rotatable bonds is 0. The molecule has 17 heavy (non-hydrogen) atoms. The minimum Gasteiger partial charge on any atom is -0.461 e. The van der Waals surface area contributed by atoms with Gasteiger partial charge in [-0.05, 0) is 19.8 Å². The molecule has 0 radical (unpaired) electrons. The van der Waals surface area contributed by atoms with E-state index in [1.165, 1.54) is 5.57 Å². The number of carbonyl (C=O) groups excluding carboxylic acids is 1. The summed E-state index contributed by atoms with van der Waals surface area (Å²) < 4.78 is 5.34. The van der Waals surface area contributed by atoms with E-state index in [-0.39, 0.29) is 23.9 Å². The van der Waals surface area contributed by atoms with E-state index in [2.05, 4.69) is 12.2 Å². The molecule has 0 saturated carbocycles. The number of aliphatic hydroxyl groups is 1. The fourth-order valence-corrected chi connectivity index (χ4v) is 2.68. The molecular formula is C14H20O3. The molecule has 0 aromatic heterocycles. The van der Waals surface area contributed by atoms with Gasteiger partial charge in [-0.1, -0.05) is 30.7 Å². The standard InChI is InChI=1S/C14H20O3/c1-9-6-4-3-5-7-12-13(11(15)8-9)10(2)14(16)17-12/h3,5,8,10-13,15H,4,6-7H2,1-2H3. The molecule has 0 amide bonds. The third kappa shape index (κ3) is 2.60. The molecule has 0 spiro atoms. The Balaban J connectivity index is 2.25. The van der Waals surface area contributed by atoms with E-state index >= 15 is 0 Å². The van der Waals surface area contributed by atoms with Crippen LogP contribution in [0.5, 0.6) is 0 Å². The van der Waals surface area contributed by atoms with E-state index in [1.807, 2.05) is 19.9 Å². The van der Waals surface area contributed by atoms with Gasteiger partial charge >= 0.3 is 5.97 Å². The summed E-state index contributed by atoms with van der Waals surface area (Å²) in [6, 6.07) is 0. The van der Waals surface area contributed by atoms with Crippen LogP contribution in [0.15, 0.2) is 23.8 Å². The van der Waals surface area contributed by atoms with Gasteiger partial charge in [-0.15, -0.1) is 0 Å². The van der Waals surface area contributed by atoms with Gasteiger partial charge in [-0.3, -0.25) is 4.79 Å². The molecule has 3 nitrogen and oxygen atoms in total. The number of ether oxygens (including phenoxy) is 1.